The second-order valence-corrected chi connectivity index (χ2v) is 25.5. The number of nitro groups is 4. The van der Waals surface area contributed by atoms with Crippen molar-refractivity contribution in [2.45, 2.75) is 62.3 Å². The van der Waals surface area contributed by atoms with Crippen LogP contribution in [0.5, 0.6) is 40.2 Å². The summed E-state index contributed by atoms with van der Waals surface area (Å²) in [6.07, 6.45) is 1.25. The van der Waals surface area contributed by atoms with E-state index in [0.717, 1.165) is 0 Å². The van der Waals surface area contributed by atoms with Gasteiger partial charge in [0.25, 0.3) is 0 Å². The van der Waals surface area contributed by atoms with Crippen LogP contribution in [0.2, 0.25) is 0 Å². The standard InChI is InChI=1S/C11H15BrN2O2.C11H17N3O2.C6H5BrN2O3.C6H7BrN2O.C5H2Br2N2O3.C5H3BrN2O3.C5H9ClO.C5H4N2O3.2Cu.O/c2*1-11(2,3)10(15)14-9-7(16-4)5-6-8(12)13-9;1-12-4-2-3-5(7)8-6(4)9(10)11;1-10-4-2-3-5(7)9-6(4)8;6-2-1-3(7)8-5(4(2)10)9(11)12;6-4-2-1-3(9)5(7-4)8(10)11;1-5(2,3)4(6)7;8-4-2-1-3-6-5(4)7(9)10;;;/h5-6H,1-4H3,(H,13,14,15);5-6H,1-4H3,(H3,12,13,14,15);2-3H,1H3;2-3H,1H3,(H2,8,9);1,10H;1-2,9H;1-3H3;1-3,8H;;;. The zero-order valence-electron chi connectivity index (χ0n) is 52.8. The van der Waals surface area contributed by atoms with Gasteiger partial charge in [0.2, 0.25) is 53.9 Å². The number of hydrogen-bond acceptors (Lipinski definition) is 28. The molecule has 0 fully saturated rings. The van der Waals surface area contributed by atoms with Crippen LogP contribution in [0.4, 0.5) is 46.5 Å². The summed E-state index contributed by atoms with van der Waals surface area (Å²) in [6.45, 7) is 16.3. The number of ether oxygens (including phenoxy) is 4. The number of nitrogens with one attached hydrogen (secondary N) is 2. The third-order valence-electron chi connectivity index (χ3n) is 9.83. The van der Waals surface area contributed by atoms with Crippen molar-refractivity contribution in [1.29, 1.82) is 0 Å². The van der Waals surface area contributed by atoms with E-state index in [2.05, 4.69) is 157 Å². The van der Waals surface area contributed by atoms with Gasteiger partial charge >= 0.3 is 43.1 Å². The number of anilines is 4. The Kier molecular flexibility index (Phi) is 44.3. The molecule has 0 spiro atoms. The van der Waals surface area contributed by atoms with Gasteiger partial charge in [0, 0.05) is 99.3 Å². The molecule has 97 heavy (non-hydrogen) atoms. The average molecular weight is 1870 g/mol. The molecule has 0 aliphatic carbocycles. The van der Waals surface area contributed by atoms with E-state index in [1.807, 2.05) is 41.5 Å². The van der Waals surface area contributed by atoms with Gasteiger partial charge < -0.3 is 96.8 Å². The molecule has 538 valence electrons. The fourth-order valence-electron chi connectivity index (χ4n) is 4.97. The van der Waals surface area contributed by atoms with E-state index < -0.39 is 65.2 Å². The van der Waals surface area contributed by atoms with Gasteiger partial charge in [-0.2, -0.15) is 0 Å². The molecule has 1 radical (unpaired) electrons. The van der Waals surface area contributed by atoms with E-state index in [-0.39, 0.29) is 55.6 Å². The Morgan fingerprint density at radius 2 is 0.845 bits per heavy atom. The summed E-state index contributed by atoms with van der Waals surface area (Å²) in [5.41, 5.74) is 9.69. The predicted molar refractivity (Wildman–Crippen MR) is 370 cm³/mol. The first-order valence-corrected chi connectivity index (χ1v) is 31.1. The molecule has 0 bridgehead atoms. The van der Waals surface area contributed by atoms with Crippen molar-refractivity contribution in [3.8, 4) is 40.2 Å². The molecule has 0 aromatic carbocycles. The normalized spacial score (nSPS) is 9.92. The monoisotopic (exact) mass is 1860 g/mol. The van der Waals surface area contributed by atoms with Crippen molar-refractivity contribution in [2.24, 2.45) is 16.2 Å². The minimum atomic E-state index is -0.759. The first kappa shape index (κ1) is 93.7. The molecule has 9 N–H and O–H groups in total. The van der Waals surface area contributed by atoms with Crippen LogP contribution < -0.4 is 41.0 Å². The summed E-state index contributed by atoms with van der Waals surface area (Å²) in [5.74, 6) is -0.153. The zero-order valence-corrected chi connectivity index (χ0v) is 64.9. The molecule has 0 saturated heterocycles. The third-order valence-corrected chi connectivity index (χ3v) is 13.2. The molecule has 34 nitrogen and oxygen atoms in total. The Labute approximate surface area is 627 Å². The van der Waals surface area contributed by atoms with E-state index in [1.165, 1.54) is 63.9 Å². The summed E-state index contributed by atoms with van der Waals surface area (Å²) < 4.78 is 30.3. The van der Waals surface area contributed by atoms with Gasteiger partial charge in [-0.25, -0.2) is 15.0 Å². The second-order valence-electron chi connectivity index (χ2n) is 20.2. The topological polar surface area (TPSA) is 505 Å². The van der Waals surface area contributed by atoms with E-state index in [0.29, 0.717) is 63.5 Å². The van der Waals surface area contributed by atoms with Gasteiger partial charge in [-0.05, 0) is 160 Å². The van der Waals surface area contributed by atoms with Crippen LogP contribution in [0, 0.1) is 56.7 Å². The van der Waals surface area contributed by atoms with Crippen LogP contribution in [0.1, 0.15) is 62.3 Å². The Morgan fingerprint density at radius 1 is 0.495 bits per heavy atom. The van der Waals surface area contributed by atoms with Gasteiger partial charge in [0.1, 0.15) is 21.2 Å². The number of carbonyl (C=O) groups is 3. The first-order valence-electron chi connectivity index (χ1n) is 25.6. The number of hydrogen-bond donors (Lipinski definition) is 7. The molecular weight excluding hydrogens is 1800 g/mol. The van der Waals surface area contributed by atoms with Crippen molar-refractivity contribution >= 4 is 171 Å². The number of aromatic nitrogens is 7. The van der Waals surface area contributed by atoms with Crippen molar-refractivity contribution in [1.82, 2.24) is 34.9 Å². The van der Waals surface area contributed by atoms with E-state index in [9.17, 15) is 54.8 Å². The summed E-state index contributed by atoms with van der Waals surface area (Å²) in [4.78, 5) is 97.7. The number of pyridine rings is 7. The molecule has 43 heteroatoms. The van der Waals surface area contributed by atoms with Crippen LogP contribution in [-0.4, -0.2) is 115 Å². The molecular formula is C54H62Br6ClCu2N15O19. The predicted octanol–water partition coefficient (Wildman–Crippen LogP) is 13.7. The first-order chi connectivity index (χ1) is 44.4. The SMILES string of the molecule is CC(C)(C)C(=O)Cl.COc1ccc(Br)nc1N.COc1ccc(Br)nc1NC(=O)C(C)(C)C.COc1ccc(Br)nc1[N+](=O)[O-].COc1ccc(N)nc1NC(=O)C(C)(C)C.O=[N+]([O-])c1nc(Br)cc(Br)c1O.O=[N+]([O-])c1nc(Br)ccc1O.O=[N+]([O-])c1ncccc1O.[Cu].[O]=[Cu]. The third kappa shape index (κ3) is 36.6. The van der Waals surface area contributed by atoms with Gasteiger partial charge in [0.15, 0.2) is 34.7 Å². The molecule has 0 atom stereocenters. The van der Waals surface area contributed by atoms with Gasteiger partial charge in [-0.1, -0.05) is 62.3 Å². The maximum absolute atomic E-state index is 11.8. The van der Waals surface area contributed by atoms with Crippen LogP contribution in [0.25, 0.3) is 0 Å². The number of nitrogens with zero attached hydrogens (tertiary/aromatic N) is 11. The van der Waals surface area contributed by atoms with Crippen LogP contribution in [-0.2, 0) is 51.2 Å². The Morgan fingerprint density at radius 3 is 1.22 bits per heavy atom. The quantitative estimate of drug-likeness (QED) is 0.0220. The molecule has 0 unspecified atom stereocenters. The number of carbonyl (C=O) groups excluding carboxylic acids is 3. The fraction of sp³-hybridized carbons (Fsp3) is 0.296. The molecule has 7 aromatic rings. The average Bonchev–Trinajstić information content (AvgIpc) is 1.73. The van der Waals surface area contributed by atoms with Crippen LogP contribution >= 0.6 is 107 Å². The molecule has 2 amide bonds. The van der Waals surface area contributed by atoms with Gasteiger partial charge in [0.05, 0.1) is 32.9 Å². The van der Waals surface area contributed by atoms with Crippen molar-refractivity contribution < 1.29 is 105 Å². The molecule has 7 aromatic heterocycles. The number of nitrogens with two attached hydrogens (primary N) is 2. The molecule has 7 rings (SSSR count). The summed E-state index contributed by atoms with van der Waals surface area (Å²) in [6, 6.07) is 20.0. The Balaban J connectivity index is -0.00000105. The van der Waals surface area contributed by atoms with Crippen molar-refractivity contribution in [3.63, 3.8) is 0 Å². The molecule has 7 heterocycles. The number of rotatable bonds is 10. The Hall–Kier alpha value is -7.53. The molecule has 0 aliphatic heterocycles. The Bertz CT molecular complexity index is 3710. The number of aromatic hydroxyl groups is 3. The summed E-state index contributed by atoms with van der Waals surface area (Å²) in [7, 11) is 5.97. The van der Waals surface area contributed by atoms with E-state index in [4.69, 9.17) is 61.2 Å². The van der Waals surface area contributed by atoms with E-state index in [1.54, 1.807) is 70.3 Å². The number of amides is 2. The zero-order chi connectivity index (χ0) is 74.8. The number of halogens is 7. The van der Waals surface area contributed by atoms with Crippen molar-refractivity contribution in [2.75, 3.05) is 50.5 Å². The summed E-state index contributed by atoms with van der Waals surface area (Å²) >= 11 is 26.3. The van der Waals surface area contributed by atoms with Crippen molar-refractivity contribution in [3.05, 3.63) is 153 Å². The van der Waals surface area contributed by atoms with Gasteiger partial charge in [-0.15, -0.1) is 0 Å². The second kappa shape index (κ2) is 45.9. The van der Waals surface area contributed by atoms with Crippen LogP contribution in [0.15, 0.2) is 113 Å². The van der Waals surface area contributed by atoms with Gasteiger partial charge in [-0.3, -0.25) is 14.4 Å². The fourth-order valence-corrected chi connectivity index (χ4v) is 7.30. The minimum absolute atomic E-state index is 0. The summed E-state index contributed by atoms with van der Waals surface area (Å²) in [5, 5.41) is 72.7. The number of nitrogen functional groups attached to an aromatic ring is 2. The van der Waals surface area contributed by atoms with E-state index >= 15 is 0 Å². The molecule has 0 aliphatic rings. The maximum atomic E-state index is 11.8. The van der Waals surface area contributed by atoms with Crippen LogP contribution in [0.3, 0.4) is 0 Å². The molecule has 0 saturated carbocycles. The number of methoxy groups -OCH3 is 4.